The molecule has 0 bridgehead atoms. The fourth-order valence-corrected chi connectivity index (χ4v) is 3.08. The zero-order chi connectivity index (χ0) is 18.5. The number of nitrogens with zero attached hydrogens (tertiary/aromatic N) is 1. The van der Waals surface area contributed by atoms with Crippen LogP contribution in [0.25, 0.3) is 0 Å². The summed E-state index contributed by atoms with van der Waals surface area (Å²) in [6.45, 7) is 3.99. The second-order valence-corrected chi connectivity index (χ2v) is 6.74. The van der Waals surface area contributed by atoms with Crippen LogP contribution in [-0.4, -0.2) is 44.9 Å². The molecule has 1 N–H and O–H groups in total. The van der Waals surface area contributed by atoms with Crippen molar-refractivity contribution in [3.05, 3.63) is 59.1 Å². The van der Waals surface area contributed by atoms with Crippen LogP contribution in [0.2, 0.25) is 5.02 Å². The van der Waals surface area contributed by atoms with Gasteiger partial charge in [-0.1, -0.05) is 29.3 Å². The number of anilines is 1. The molecule has 2 aromatic rings. The minimum Gasteiger partial charge on any atom is -0.478 e. The van der Waals surface area contributed by atoms with Gasteiger partial charge in [-0.15, -0.1) is 0 Å². The Morgan fingerprint density at radius 3 is 2.46 bits per heavy atom. The maximum atomic E-state index is 12.7. The number of hydrogen-bond donors (Lipinski definition) is 1. The largest absolute Gasteiger partial charge is 0.478 e. The molecule has 138 valence electrons. The predicted octanol–water partition coefficient (Wildman–Crippen LogP) is 3.05. The highest BCUT2D eigenvalue weighted by Crippen LogP contribution is 2.31. The Morgan fingerprint density at radius 1 is 1.12 bits per heavy atom. The number of aryl methyl sites for hydroxylation is 1. The van der Waals surface area contributed by atoms with Crippen LogP contribution < -0.4 is 15.0 Å². The zero-order valence-electron chi connectivity index (χ0n) is 14.9. The Kier molecular flexibility index (Phi) is 6.14. The smallest absolute Gasteiger partial charge is 0.270 e. The Bertz CT molecular complexity index is 734. The average molecular weight is 375 g/mol. The monoisotopic (exact) mass is 374 g/mol. The van der Waals surface area contributed by atoms with Gasteiger partial charge in [-0.3, -0.25) is 4.79 Å². The summed E-state index contributed by atoms with van der Waals surface area (Å²) in [6.07, 6.45) is -0.521. The molecule has 2 atom stereocenters. The molecule has 26 heavy (non-hydrogen) atoms. The van der Waals surface area contributed by atoms with Crippen LogP contribution >= 0.6 is 11.6 Å². The van der Waals surface area contributed by atoms with Crippen LogP contribution in [0.15, 0.2) is 48.5 Å². The van der Waals surface area contributed by atoms with E-state index >= 15 is 0 Å². The molecule has 0 spiro atoms. The van der Waals surface area contributed by atoms with Gasteiger partial charge >= 0.3 is 0 Å². The van der Waals surface area contributed by atoms with Crippen LogP contribution in [0.5, 0.6) is 5.75 Å². The van der Waals surface area contributed by atoms with E-state index in [0.29, 0.717) is 23.9 Å². The Hall–Kier alpha value is -2.08. The maximum Gasteiger partial charge on any atom is 0.270 e. The highest BCUT2D eigenvalue weighted by Gasteiger charge is 2.49. The summed E-state index contributed by atoms with van der Waals surface area (Å²) < 4.78 is 11.0. The lowest BCUT2D eigenvalue weighted by atomic mass is 9.96. The fourth-order valence-electron chi connectivity index (χ4n) is 2.95. The summed E-state index contributed by atoms with van der Waals surface area (Å²) in [5, 5.41) is 3.96. The molecule has 1 amide bonds. The van der Waals surface area contributed by atoms with Gasteiger partial charge in [-0.2, -0.15) is 0 Å². The first-order valence-electron chi connectivity index (χ1n) is 8.62. The van der Waals surface area contributed by atoms with E-state index in [1.54, 1.807) is 36.3 Å². The molecule has 0 radical (unpaired) electrons. The third kappa shape index (κ3) is 4.18. The van der Waals surface area contributed by atoms with Gasteiger partial charge in [0.2, 0.25) is 0 Å². The van der Waals surface area contributed by atoms with Crippen molar-refractivity contribution in [2.24, 2.45) is 0 Å². The number of hydrogen-bond acceptors (Lipinski definition) is 4. The first-order valence-corrected chi connectivity index (χ1v) is 8.99. The fraction of sp³-hybridized carbons (Fsp3) is 0.350. The molecule has 0 saturated carbocycles. The number of carbonyl (C=O) groups is 1. The first-order chi connectivity index (χ1) is 12.6. The normalized spacial score (nSPS) is 19.3. The second-order valence-electron chi connectivity index (χ2n) is 6.30. The van der Waals surface area contributed by atoms with Gasteiger partial charge in [0.1, 0.15) is 5.75 Å². The van der Waals surface area contributed by atoms with E-state index in [-0.39, 0.29) is 11.9 Å². The standard InChI is InChI=1S/C20H23ClN2O3/c1-14-3-7-16(8-4-14)23-18(13-22-11-12-25-2)19(20(23)24)26-17-9-5-15(21)6-10-17/h3-10,18-19,22H,11-13H2,1-2H3/t18-,19+/m1/s1. The third-order valence-corrected chi connectivity index (χ3v) is 4.64. The van der Waals surface area contributed by atoms with Gasteiger partial charge in [-0.05, 0) is 43.3 Å². The Labute approximate surface area is 158 Å². The summed E-state index contributed by atoms with van der Waals surface area (Å²) in [5.74, 6) is 0.598. The summed E-state index contributed by atoms with van der Waals surface area (Å²) in [5.41, 5.74) is 2.04. The molecule has 0 aliphatic carbocycles. The number of halogens is 1. The average Bonchev–Trinajstić information content (AvgIpc) is 2.65. The van der Waals surface area contributed by atoms with E-state index < -0.39 is 6.10 Å². The summed E-state index contributed by atoms with van der Waals surface area (Å²) in [7, 11) is 1.67. The van der Waals surface area contributed by atoms with Crippen molar-refractivity contribution in [1.82, 2.24) is 5.32 Å². The molecular formula is C20H23ClN2O3. The highest BCUT2D eigenvalue weighted by atomic mass is 35.5. The molecule has 1 aliphatic heterocycles. The number of nitrogens with one attached hydrogen (secondary N) is 1. The Balaban J connectivity index is 1.73. The van der Waals surface area contributed by atoms with Gasteiger partial charge in [0.05, 0.1) is 12.6 Å². The number of β-lactam (4-membered cyclic amide) rings is 1. The lowest BCUT2D eigenvalue weighted by Gasteiger charge is -2.46. The van der Waals surface area contributed by atoms with E-state index in [4.69, 9.17) is 21.1 Å². The van der Waals surface area contributed by atoms with Gasteiger partial charge < -0.3 is 19.7 Å². The Morgan fingerprint density at radius 2 is 1.81 bits per heavy atom. The minimum absolute atomic E-state index is 0.0395. The van der Waals surface area contributed by atoms with Gasteiger partial charge in [0.25, 0.3) is 5.91 Å². The SMILES string of the molecule is COCCNC[C@@H]1[C@H](Oc2ccc(Cl)cc2)C(=O)N1c1ccc(C)cc1. The van der Waals surface area contributed by atoms with Crippen molar-refractivity contribution in [2.75, 3.05) is 31.7 Å². The lowest BCUT2D eigenvalue weighted by Crippen LogP contribution is -2.70. The van der Waals surface area contributed by atoms with Crippen molar-refractivity contribution in [2.45, 2.75) is 19.1 Å². The van der Waals surface area contributed by atoms with Crippen molar-refractivity contribution >= 4 is 23.2 Å². The number of amides is 1. The molecule has 6 heteroatoms. The van der Waals surface area contributed by atoms with E-state index in [2.05, 4.69) is 5.32 Å². The van der Waals surface area contributed by atoms with Gasteiger partial charge in [-0.25, -0.2) is 0 Å². The molecule has 5 nitrogen and oxygen atoms in total. The van der Waals surface area contributed by atoms with Gasteiger partial charge in [0, 0.05) is 30.9 Å². The maximum absolute atomic E-state index is 12.7. The quantitative estimate of drug-likeness (QED) is 0.570. The molecule has 1 aliphatic rings. The molecule has 3 rings (SSSR count). The number of carbonyl (C=O) groups excluding carboxylic acids is 1. The molecule has 2 aromatic carbocycles. The molecule has 1 heterocycles. The van der Waals surface area contributed by atoms with Gasteiger partial charge in [0.15, 0.2) is 6.10 Å². The number of rotatable bonds is 8. The van der Waals surface area contributed by atoms with Crippen LogP contribution in [0.1, 0.15) is 5.56 Å². The zero-order valence-corrected chi connectivity index (χ0v) is 15.7. The van der Waals surface area contributed by atoms with Crippen molar-refractivity contribution in [1.29, 1.82) is 0 Å². The molecule has 1 fully saturated rings. The predicted molar refractivity (Wildman–Crippen MR) is 103 cm³/mol. The highest BCUT2D eigenvalue weighted by molar-refractivity contribution is 6.30. The second kappa shape index (κ2) is 8.54. The van der Waals surface area contributed by atoms with E-state index in [9.17, 15) is 4.79 Å². The van der Waals surface area contributed by atoms with Crippen LogP contribution in [-0.2, 0) is 9.53 Å². The lowest BCUT2D eigenvalue weighted by molar-refractivity contribution is -0.134. The molecular weight excluding hydrogens is 352 g/mol. The van der Waals surface area contributed by atoms with Crippen molar-refractivity contribution in [3.8, 4) is 5.75 Å². The molecule has 0 aromatic heterocycles. The van der Waals surface area contributed by atoms with Crippen LogP contribution in [0.4, 0.5) is 5.69 Å². The van der Waals surface area contributed by atoms with E-state index in [1.807, 2.05) is 31.2 Å². The number of ether oxygens (including phenoxy) is 2. The van der Waals surface area contributed by atoms with Crippen molar-refractivity contribution in [3.63, 3.8) is 0 Å². The number of benzene rings is 2. The summed E-state index contributed by atoms with van der Waals surface area (Å²) in [6, 6.07) is 14.9. The number of methoxy groups -OCH3 is 1. The summed E-state index contributed by atoms with van der Waals surface area (Å²) >= 11 is 5.92. The molecule has 1 saturated heterocycles. The molecule has 0 unspecified atom stereocenters. The van der Waals surface area contributed by atoms with Crippen LogP contribution in [0, 0.1) is 6.92 Å². The van der Waals surface area contributed by atoms with E-state index in [0.717, 1.165) is 17.8 Å². The van der Waals surface area contributed by atoms with E-state index in [1.165, 1.54) is 0 Å². The topological polar surface area (TPSA) is 50.8 Å². The van der Waals surface area contributed by atoms with Crippen LogP contribution in [0.3, 0.4) is 0 Å². The third-order valence-electron chi connectivity index (χ3n) is 4.39. The van der Waals surface area contributed by atoms with Crippen molar-refractivity contribution < 1.29 is 14.3 Å². The first kappa shape index (κ1) is 18.7. The minimum atomic E-state index is -0.521. The summed E-state index contributed by atoms with van der Waals surface area (Å²) in [4.78, 5) is 14.5.